The van der Waals surface area contributed by atoms with Crippen LogP contribution in [0.25, 0.3) is 0 Å². The standard InChI is InChI=1S/C17H24N4O2.ClH/c18-13-8-11-2-1-3-12(9-13)15(11)21-16(22)10-4-6-14(7-5-10)20-17(19)23;/h4-7,11-13,15H,1-3,8-9,18H2,(H,21,22)(H3,19,20,23);1H. The fraction of sp³-hybridized carbons (Fsp3) is 0.529. The second-order valence-electron chi connectivity index (χ2n) is 6.75. The number of anilines is 1. The second-order valence-corrected chi connectivity index (χ2v) is 6.75. The van der Waals surface area contributed by atoms with Crippen molar-refractivity contribution in [1.82, 2.24) is 5.32 Å². The van der Waals surface area contributed by atoms with E-state index in [0.717, 1.165) is 25.7 Å². The Morgan fingerprint density at radius 2 is 1.62 bits per heavy atom. The lowest BCUT2D eigenvalue weighted by Gasteiger charge is -2.45. The van der Waals surface area contributed by atoms with E-state index in [-0.39, 0.29) is 30.4 Å². The first-order valence-electron chi connectivity index (χ1n) is 8.26. The van der Waals surface area contributed by atoms with E-state index < -0.39 is 6.03 Å². The maximum Gasteiger partial charge on any atom is 0.316 e. The number of halogens is 1. The fourth-order valence-electron chi connectivity index (χ4n) is 4.11. The normalized spacial score (nSPS) is 28.4. The van der Waals surface area contributed by atoms with Gasteiger partial charge in [-0.1, -0.05) is 6.42 Å². The third-order valence-corrected chi connectivity index (χ3v) is 5.09. The number of rotatable bonds is 3. The summed E-state index contributed by atoms with van der Waals surface area (Å²) >= 11 is 0. The highest BCUT2D eigenvalue weighted by molar-refractivity contribution is 5.95. The minimum absolute atomic E-state index is 0. The van der Waals surface area contributed by atoms with Gasteiger partial charge in [0, 0.05) is 23.3 Å². The molecule has 0 spiro atoms. The van der Waals surface area contributed by atoms with Gasteiger partial charge in [0.05, 0.1) is 0 Å². The monoisotopic (exact) mass is 352 g/mol. The molecule has 2 saturated carbocycles. The molecule has 24 heavy (non-hydrogen) atoms. The molecule has 3 rings (SSSR count). The molecule has 0 aliphatic heterocycles. The van der Waals surface area contributed by atoms with E-state index in [9.17, 15) is 9.59 Å². The van der Waals surface area contributed by atoms with E-state index in [1.165, 1.54) is 6.42 Å². The lowest BCUT2D eigenvalue weighted by molar-refractivity contribution is 0.0756. The predicted octanol–water partition coefficient (Wildman–Crippen LogP) is 2.23. The van der Waals surface area contributed by atoms with Crippen molar-refractivity contribution in [3.63, 3.8) is 0 Å². The Morgan fingerprint density at radius 1 is 1.04 bits per heavy atom. The Hall–Kier alpha value is -1.79. The number of carbonyl (C=O) groups excluding carboxylic acids is 2. The molecule has 2 aliphatic carbocycles. The SMILES string of the molecule is Cl.NC(=O)Nc1ccc(C(=O)NC2C3CCCC2CC(N)C3)cc1. The van der Waals surface area contributed by atoms with Crippen LogP contribution in [0.3, 0.4) is 0 Å². The fourth-order valence-corrected chi connectivity index (χ4v) is 4.11. The van der Waals surface area contributed by atoms with Gasteiger partial charge in [0.2, 0.25) is 0 Å². The van der Waals surface area contributed by atoms with Crippen LogP contribution in [-0.4, -0.2) is 24.0 Å². The number of nitrogens with two attached hydrogens (primary N) is 2. The number of hydrogen-bond donors (Lipinski definition) is 4. The van der Waals surface area contributed by atoms with Crippen LogP contribution in [0.2, 0.25) is 0 Å². The first-order chi connectivity index (χ1) is 11.0. The molecule has 0 aromatic heterocycles. The minimum Gasteiger partial charge on any atom is -0.351 e. The third-order valence-electron chi connectivity index (χ3n) is 5.09. The van der Waals surface area contributed by atoms with Crippen LogP contribution >= 0.6 is 12.4 Å². The third kappa shape index (κ3) is 4.19. The Bertz CT molecular complexity index is 579. The van der Waals surface area contributed by atoms with Gasteiger partial charge in [-0.05, 0) is 61.8 Å². The molecule has 6 N–H and O–H groups in total. The Kier molecular flexibility index (Phi) is 6.07. The van der Waals surface area contributed by atoms with Crippen LogP contribution in [0.15, 0.2) is 24.3 Å². The molecule has 6 nitrogen and oxygen atoms in total. The molecule has 0 saturated heterocycles. The molecule has 2 unspecified atom stereocenters. The number of benzene rings is 1. The number of fused-ring (bicyclic) bond motifs is 2. The van der Waals surface area contributed by atoms with Gasteiger partial charge in [-0.25, -0.2) is 4.79 Å². The second kappa shape index (κ2) is 7.85. The average molecular weight is 353 g/mol. The highest BCUT2D eigenvalue weighted by Crippen LogP contribution is 2.39. The van der Waals surface area contributed by atoms with Gasteiger partial charge in [0.1, 0.15) is 0 Å². The van der Waals surface area contributed by atoms with Crippen molar-refractivity contribution in [2.75, 3.05) is 5.32 Å². The minimum atomic E-state index is -0.617. The number of urea groups is 1. The van der Waals surface area contributed by atoms with Crippen molar-refractivity contribution in [3.05, 3.63) is 29.8 Å². The molecule has 2 aliphatic rings. The molecule has 2 fully saturated rings. The van der Waals surface area contributed by atoms with Crippen molar-refractivity contribution in [1.29, 1.82) is 0 Å². The quantitative estimate of drug-likeness (QED) is 0.669. The van der Waals surface area contributed by atoms with Crippen LogP contribution in [-0.2, 0) is 0 Å². The molecule has 132 valence electrons. The van der Waals surface area contributed by atoms with E-state index in [2.05, 4.69) is 10.6 Å². The molecular formula is C17H25ClN4O2. The average Bonchev–Trinajstić information content (AvgIpc) is 2.48. The van der Waals surface area contributed by atoms with Crippen molar-refractivity contribution in [2.24, 2.45) is 23.3 Å². The first kappa shape index (κ1) is 18.5. The van der Waals surface area contributed by atoms with E-state index in [0.29, 0.717) is 23.1 Å². The zero-order valence-electron chi connectivity index (χ0n) is 13.5. The molecule has 0 radical (unpaired) electrons. The van der Waals surface area contributed by atoms with E-state index >= 15 is 0 Å². The summed E-state index contributed by atoms with van der Waals surface area (Å²) in [7, 11) is 0. The molecule has 0 heterocycles. The lowest BCUT2D eigenvalue weighted by Crippen LogP contribution is -2.53. The number of hydrogen-bond acceptors (Lipinski definition) is 3. The Labute approximate surface area is 148 Å². The van der Waals surface area contributed by atoms with Gasteiger partial charge in [0.25, 0.3) is 5.91 Å². The van der Waals surface area contributed by atoms with Crippen LogP contribution < -0.4 is 22.1 Å². The van der Waals surface area contributed by atoms with Gasteiger partial charge in [-0.2, -0.15) is 0 Å². The summed E-state index contributed by atoms with van der Waals surface area (Å²) in [5.74, 6) is 0.933. The maximum absolute atomic E-state index is 12.5. The van der Waals surface area contributed by atoms with Crippen molar-refractivity contribution in [2.45, 2.75) is 44.2 Å². The van der Waals surface area contributed by atoms with E-state index in [1.54, 1.807) is 24.3 Å². The van der Waals surface area contributed by atoms with Crippen LogP contribution in [0.4, 0.5) is 10.5 Å². The number of nitrogens with one attached hydrogen (secondary N) is 2. The molecule has 3 amide bonds. The Morgan fingerprint density at radius 3 is 2.17 bits per heavy atom. The smallest absolute Gasteiger partial charge is 0.316 e. The number of carbonyl (C=O) groups is 2. The highest BCUT2D eigenvalue weighted by atomic mass is 35.5. The Balaban J connectivity index is 0.00000208. The maximum atomic E-state index is 12.5. The summed E-state index contributed by atoms with van der Waals surface area (Å²) in [6.45, 7) is 0. The molecule has 2 atom stereocenters. The summed E-state index contributed by atoms with van der Waals surface area (Å²) in [4.78, 5) is 23.3. The summed E-state index contributed by atoms with van der Waals surface area (Å²) in [5.41, 5.74) is 12.4. The van der Waals surface area contributed by atoms with E-state index in [4.69, 9.17) is 11.5 Å². The molecule has 2 bridgehead atoms. The summed E-state index contributed by atoms with van der Waals surface area (Å²) in [6, 6.07) is 6.65. The zero-order valence-corrected chi connectivity index (χ0v) is 14.4. The van der Waals surface area contributed by atoms with Crippen LogP contribution in [0, 0.1) is 11.8 Å². The van der Waals surface area contributed by atoms with E-state index in [1.807, 2.05) is 0 Å². The number of primary amides is 1. The first-order valence-corrected chi connectivity index (χ1v) is 8.26. The lowest BCUT2D eigenvalue weighted by atomic mass is 9.67. The van der Waals surface area contributed by atoms with Crippen molar-refractivity contribution in [3.8, 4) is 0 Å². The largest absolute Gasteiger partial charge is 0.351 e. The van der Waals surface area contributed by atoms with Crippen molar-refractivity contribution >= 4 is 30.0 Å². The van der Waals surface area contributed by atoms with Crippen LogP contribution in [0.5, 0.6) is 0 Å². The topological polar surface area (TPSA) is 110 Å². The van der Waals surface area contributed by atoms with Gasteiger partial charge in [-0.15, -0.1) is 12.4 Å². The van der Waals surface area contributed by atoms with Gasteiger partial charge >= 0.3 is 6.03 Å². The van der Waals surface area contributed by atoms with Gasteiger partial charge in [0.15, 0.2) is 0 Å². The molecule has 1 aromatic carbocycles. The molecular weight excluding hydrogens is 328 g/mol. The predicted molar refractivity (Wildman–Crippen MR) is 96.2 cm³/mol. The number of amides is 3. The van der Waals surface area contributed by atoms with Gasteiger partial charge in [-0.3, -0.25) is 4.79 Å². The van der Waals surface area contributed by atoms with Crippen molar-refractivity contribution < 1.29 is 9.59 Å². The summed E-state index contributed by atoms with van der Waals surface area (Å²) in [5, 5.41) is 5.69. The summed E-state index contributed by atoms with van der Waals surface area (Å²) in [6.07, 6.45) is 5.54. The molecule has 1 aromatic rings. The highest BCUT2D eigenvalue weighted by Gasteiger charge is 2.39. The molecule has 7 heteroatoms. The summed E-state index contributed by atoms with van der Waals surface area (Å²) < 4.78 is 0. The zero-order chi connectivity index (χ0) is 16.4. The van der Waals surface area contributed by atoms with Crippen LogP contribution in [0.1, 0.15) is 42.5 Å². The van der Waals surface area contributed by atoms with Gasteiger partial charge < -0.3 is 22.1 Å².